The lowest BCUT2D eigenvalue weighted by atomic mass is 9.65. The molecule has 0 saturated heterocycles. The summed E-state index contributed by atoms with van der Waals surface area (Å²) in [7, 11) is 0. The van der Waals surface area contributed by atoms with E-state index in [9.17, 15) is 15.3 Å². The van der Waals surface area contributed by atoms with Crippen LogP contribution in [-0.4, -0.2) is 44.8 Å². The van der Waals surface area contributed by atoms with Gasteiger partial charge < -0.3 is 20.1 Å². The Kier molecular flexibility index (Phi) is 11.5. The predicted molar refractivity (Wildman–Crippen MR) is 184 cm³/mol. The number of aliphatic hydroxyl groups excluding tert-OH is 2. The average molecular weight is 601 g/mol. The Bertz CT molecular complexity index is 1360. The first-order valence-corrected chi connectivity index (χ1v) is 16.0. The maximum atomic E-state index is 10.9. The van der Waals surface area contributed by atoms with Crippen LogP contribution >= 0.6 is 0 Å². The van der Waals surface area contributed by atoms with Gasteiger partial charge in [0, 0.05) is 18.4 Å². The molecule has 0 aromatic carbocycles. The van der Waals surface area contributed by atoms with Crippen molar-refractivity contribution in [3.05, 3.63) is 112 Å². The molecule has 3 N–H and O–H groups in total. The molecule has 0 amide bonds. The third-order valence-corrected chi connectivity index (χ3v) is 9.13. The highest BCUT2D eigenvalue weighted by Crippen LogP contribution is 2.52. The van der Waals surface area contributed by atoms with Crippen molar-refractivity contribution < 1.29 is 20.1 Å². The fourth-order valence-electron chi connectivity index (χ4n) is 7.21. The lowest BCUT2D eigenvalue weighted by molar-refractivity contribution is -0.0683. The topological polar surface area (TPSA) is 69.9 Å². The van der Waals surface area contributed by atoms with Gasteiger partial charge in [-0.25, -0.2) is 0 Å². The van der Waals surface area contributed by atoms with Crippen LogP contribution in [0.4, 0.5) is 0 Å². The normalized spacial score (nSPS) is 33.2. The Hall–Kier alpha value is -2.72. The minimum Gasteiger partial charge on any atom is -0.393 e. The molecular formula is C40H56O4. The van der Waals surface area contributed by atoms with Gasteiger partial charge in [0.15, 0.2) is 0 Å². The van der Waals surface area contributed by atoms with Gasteiger partial charge in [0.25, 0.3) is 0 Å². The third kappa shape index (κ3) is 9.39. The van der Waals surface area contributed by atoms with Crippen molar-refractivity contribution >= 4 is 0 Å². The van der Waals surface area contributed by atoms with Crippen molar-refractivity contribution in [3.8, 4) is 0 Å². The van der Waals surface area contributed by atoms with Crippen LogP contribution in [0.2, 0.25) is 0 Å². The molecule has 2 saturated carbocycles. The van der Waals surface area contributed by atoms with Gasteiger partial charge >= 0.3 is 0 Å². The number of ether oxygens (including phenoxy) is 1. The SMILES string of the molecule is C\C(C=C=C1C(C)(C)CC(O)CC1(C)O)=C/C=C/C(C)=C/C=C/C=C(C)/C=C/C=C(\C)C1C=C2C(C)(C)CC(O)CC2(C)O1. The molecular weight excluding hydrogens is 544 g/mol. The molecule has 5 atom stereocenters. The molecule has 44 heavy (non-hydrogen) atoms. The highest BCUT2D eigenvalue weighted by atomic mass is 16.5. The lowest BCUT2D eigenvalue weighted by Crippen LogP contribution is -2.45. The van der Waals surface area contributed by atoms with E-state index in [4.69, 9.17) is 4.74 Å². The minimum atomic E-state index is -1.05. The number of fused-ring (bicyclic) bond motifs is 1. The van der Waals surface area contributed by atoms with Crippen LogP contribution in [0.3, 0.4) is 0 Å². The van der Waals surface area contributed by atoms with Crippen LogP contribution in [0.1, 0.15) is 94.9 Å². The predicted octanol–water partition coefficient (Wildman–Crippen LogP) is 8.72. The summed E-state index contributed by atoms with van der Waals surface area (Å²) >= 11 is 0. The number of aliphatic hydroxyl groups is 3. The second-order valence-electron chi connectivity index (χ2n) is 14.9. The van der Waals surface area contributed by atoms with Crippen LogP contribution in [0, 0.1) is 10.8 Å². The van der Waals surface area contributed by atoms with Crippen LogP contribution in [0.25, 0.3) is 0 Å². The molecule has 4 nitrogen and oxygen atoms in total. The summed E-state index contributed by atoms with van der Waals surface area (Å²) in [6.07, 6.45) is 26.4. The summed E-state index contributed by atoms with van der Waals surface area (Å²) in [5.74, 6) is 0. The summed E-state index contributed by atoms with van der Waals surface area (Å²) in [6.45, 7) is 20.7. The Morgan fingerprint density at radius 2 is 1.25 bits per heavy atom. The molecule has 3 aliphatic rings. The van der Waals surface area contributed by atoms with Gasteiger partial charge in [0.1, 0.15) is 0 Å². The molecule has 5 unspecified atom stereocenters. The third-order valence-electron chi connectivity index (χ3n) is 9.13. The first kappa shape index (κ1) is 35.8. The van der Waals surface area contributed by atoms with E-state index in [1.165, 1.54) is 5.57 Å². The summed E-state index contributed by atoms with van der Waals surface area (Å²) in [6, 6.07) is 0. The van der Waals surface area contributed by atoms with E-state index in [0.717, 1.165) is 34.3 Å². The first-order valence-electron chi connectivity index (χ1n) is 16.0. The molecule has 0 radical (unpaired) electrons. The van der Waals surface area contributed by atoms with E-state index >= 15 is 0 Å². The number of rotatable bonds is 8. The van der Waals surface area contributed by atoms with Gasteiger partial charge in [-0.05, 0) is 94.1 Å². The molecule has 0 bridgehead atoms. The van der Waals surface area contributed by atoms with Crippen molar-refractivity contribution in [2.75, 3.05) is 0 Å². The van der Waals surface area contributed by atoms with Crippen molar-refractivity contribution in [3.63, 3.8) is 0 Å². The summed E-state index contributed by atoms with van der Waals surface area (Å²) in [4.78, 5) is 0. The zero-order valence-electron chi connectivity index (χ0n) is 28.7. The van der Waals surface area contributed by atoms with Gasteiger partial charge in [-0.1, -0.05) is 99.6 Å². The van der Waals surface area contributed by atoms with E-state index in [1.54, 1.807) is 6.92 Å². The Morgan fingerprint density at radius 1 is 0.727 bits per heavy atom. The molecule has 3 rings (SSSR count). The summed E-state index contributed by atoms with van der Waals surface area (Å²) in [5, 5.41) is 31.4. The number of hydrogen-bond donors (Lipinski definition) is 3. The Morgan fingerprint density at radius 3 is 1.84 bits per heavy atom. The van der Waals surface area contributed by atoms with Gasteiger partial charge in [-0.3, -0.25) is 0 Å². The van der Waals surface area contributed by atoms with E-state index in [0.29, 0.717) is 19.3 Å². The van der Waals surface area contributed by atoms with E-state index in [-0.39, 0.29) is 23.0 Å². The van der Waals surface area contributed by atoms with Crippen molar-refractivity contribution in [2.24, 2.45) is 10.8 Å². The zero-order valence-corrected chi connectivity index (χ0v) is 28.7. The second-order valence-corrected chi connectivity index (χ2v) is 14.9. The van der Waals surface area contributed by atoms with Crippen LogP contribution in [-0.2, 0) is 4.74 Å². The van der Waals surface area contributed by atoms with Crippen LogP contribution < -0.4 is 0 Å². The molecule has 2 aliphatic carbocycles. The van der Waals surface area contributed by atoms with Gasteiger partial charge in [0.05, 0.1) is 29.5 Å². The van der Waals surface area contributed by atoms with E-state index < -0.39 is 17.3 Å². The standard InChI is InChI=1S/C40H56O4/c1-28(17-13-18-30(3)21-22-35-37(5,6)24-32(41)26-39(35,9)43)15-11-12-16-29(2)19-14-20-31(4)34-23-36-38(7,8)25-33(42)27-40(36,10)44-34/h11-21,23,32-34,41-43H,24-27H2,1-10H3/b12-11+,17-13+,19-14+,28-15+,29-16+,30-18+,31-20+. The molecule has 0 aromatic heterocycles. The molecule has 1 heterocycles. The largest absolute Gasteiger partial charge is 0.393 e. The minimum absolute atomic E-state index is 0.0566. The highest BCUT2D eigenvalue weighted by molar-refractivity contribution is 5.37. The lowest BCUT2D eigenvalue weighted by Gasteiger charge is -2.44. The van der Waals surface area contributed by atoms with Crippen LogP contribution in [0.5, 0.6) is 0 Å². The van der Waals surface area contributed by atoms with Gasteiger partial charge in [-0.2, -0.15) is 0 Å². The molecule has 1 aliphatic heterocycles. The van der Waals surface area contributed by atoms with E-state index in [2.05, 4.69) is 104 Å². The fourth-order valence-corrected chi connectivity index (χ4v) is 7.21. The highest BCUT2D eigenvalue weighted by Gasteiger charge is 2.50. The maximum absolute atomic E-state index is 10.9. The van der Waals surface area contributed by atoms with Crippen molar-refractivity contribution in [2.45, 2.75) is 124 Å². The number of allylic oxidation sites excluding steroid dienone is 13. The molecule has 0 spiro atoms. The van der Waals surface area contributed by atoms with Crippen molar-refractivity contribution in [1.82, 2.24) is 0 Å². The summed E-state index contributed by atoms with van der Waals surface area (Å²) < 4.78 is 6.46. The average Bonchev–Trinajstić information content (AvgIpc) is 3.22. The fraction of sp³-hybridized carbons (Fsp3) is 0.525. The van der Waals surface area contributed by atoms with Gasteiger partial charge in [0.2, 0.25) is 0 Å². The second kappa shape index (κ2) is 14.1. The Balaban J connectivity index is 1.56. The van der Waals surface area contributed by atoms with E-state index in [1.807, 2.05) is 37.3 Å². The molecule has 0 aromatic rings. The number of hydrogen-bond acceptors (Lipinski definition) is 4. The van der Waals surface area contributed by atoms with Crippen LogP contribution in [0.15, 0.2) is 112 Å². The quantitative estimate of drug-likeness (QED) is 0.148. The first-order chi connectivity index (χ1) is 20.3. The zero-order chi connectivity index (χ0) is 32.9. The smallest absolute Gasteiger partial charge is 0.0982 e. The summed E-state index contributed by atoms with van der Waals surface area (Å²) in [5.41, 5.74) is 8.16. The monoisotopic (exact) mass is 600 g/mol. The Labute approximate surface area is 267 Å². The maximum Gasteiger partial charge on any atom is 0.0982 e. The molecule has 240 valence electrons. The molecule has 2 fully saturated rings. The van der Waals surface area contributed by atoms with Crippen molar-refractivity contribution in [1.29, 1.82) is 0 Å². The molecule has 4 heteroatoms. The van der Waals surface area contributed by atoms with Gasteiger partial charge in [-0.15, -0.1) is 5.73 Å².